The van der Waals surface area contributed by atoms with Crippen molar-refractivity contribution in [3.63, 3.8) is 0 Å². The Hall–Kier alpha value is -1.64. The largest absolute Gasteiger partial charge is 0.480 e. The first-order chi connectivity index (χ1) is 6.20. The number of hydrogen-bond donors (Lipinski definition) is 1. The van der Waals surface area contributed by atoms with E-state index >= 15 is 0 Å². The highest BCUT2D eigenvalue weighted by Crippen LogP contribution is 2.00. The molecule has 0 heterocycles. The Morgan fingerprint density at radius 3 is 2.54 bits per heavy atom. The maximum Gasteiger partial charge on any atom is 0.325 e. The summed E-state index contributed by atoms with van der Waals surface area (Å²) in [6.45, 7) is 1.64. The number of aliphatic imine (C=N–C) groups is 1. The lowest BCUT2D eigenvalue weighted by atomic mass is 10.1. The van der Waals surface area contributed by atoms with Crippen molar-refractivity contribution in [1.29, 1.82) is 0 Å². The molecule has 0 unspecified atom stereocenters. The maximum absolute atomic E-state index is 10.2. The van der Waals surface area contributed by atoms with Crippen LogP contribution in [0.2, 0.25) is 0 Å². The summed E-state index contributed by atoms with van der Waals surface area (Å²) in [7, 11) is 0. The molecule has 13 heavy (non-hydrogen) atoms. The molecule has 0 bridgehead atoms. The summed E-state index contributed by atoms with van der Waals surface area (Å²) < 4.78 is 0. The van der Waals surface area contributed by atoms with Crippen LogP contribution >= 0.6 is 0 Å². The third-order valence-corrected chi connectivity index (χ3v) is 1.64. The van der Waals surface area contributed by atoms with Crippen molar-refractivity contribution in [1.82, 2.24) is 0 Å². The first-order valence-corrected chi connectivity index (χ1v) is 3.98. The monoisotopic (exact) mass is 177 g/mol. The first-order valence-electron chi connectivity index (χ1n) is 3.98. The predicted octanol–water partition coefficient (Wildman–Crippen LogP) is 1.58. The van der Waals surface area contributed by atoms with Gasteiger partial charge in [0.05, 0.1) is 0 Å². The molecule has 3 heteroatoms. The summed E-state index contributed by atoms with van der Waals surface area (Å²) in [4.78, 5) is 14.1. The van der Waals surface area contributed by atoms with Crippen molar-refractivity contribution >= 4 is 11.7 Å². The zero-order valence-corrected chi connectivity index (χ0v) is 7.40. The summed E-state index contributed by atoms with van der Waals surface area (Å²) in [6.07, 6.45) is 0. The SMILES string of the molecule is C/C(=N\CC(=O)O)c1ccccc1. The minimum atomic E-state index is -0.907. The summed E-state index contributed by atoms with van der Waals surface area (Å²) in [6, 6.07) is 9.51. The molecular formula is C10H11NO2. The lowest BCUT2D eigenvalue weighted by Crippen LogP contribution is -2.03. The van der Waals surface area contributed by atoms with Gasteiger partial charge in [0.1, 0.15) is 6.54 Å². The van der Waals surface area contributed by atoms with Gasteiger partial charge in [-0.05, 0) is 12.5 Å². The molecule has 0 aromatic heterocycles. The fraction of sp³-hybridized carbons (Fsp3) is 0.200. The Bertz CT molecular complexity index is 317. The second-order valence-corrected chi connectivity index (χ2v) is 2.66. The lowest BCUT2D eigenvalue weighted by molar-refractivity contribution is -0.135. The Morgan fingerprint density at radius 1 is 1.38 bits per heavy atom. The smallest absolute Gasteiger partial charge is 0.325 e. The zero-order valence-electron chi connectivity index (χ0n) is 7.40. The van der Waals surface area contributed by atoms with Gasteiger partial charge in [0, 0.05) is 5.71 Å². The Kier molecular flexibility index (Phi) is 3.20. The Balaban J connectivity index is 2.73. The normalized spacial score (nSPS) is 11.3. The van der Waals surface area contributed by atoms with Crippen molar-refractivity contribution in [3.8, 4) is 0 Å². The highest BCUT2D eigenvalue weighted by Gasteiger charge is 1.97. The average molecular weight is 177 g/mol. The molecule has 0 spiro atoms. The van der Waals surface area contributed by atoms with E-state index in [4.69, 9.17) is 5.11 Å². The number of rotatable bonds is 3. The highest BCUT2D eigenvalue weighted by atomic mass is 16.4. The molecule has 0 aliphatic carbocycles. The van der Waals surface area contributed by atoms with E-state index < -0.39 is 5.97 Å². The molecule has 0 amide bonds. The minimum absolute atomic E-state index is 0.166. The van der Waals surface area contributed by atoms with E-state index in [-0.39, 0.29) is 6.54 Å². The van der Waals surface area contributed by atoms with Crippen LogP contribution in [0.1, 0.15) is 12.5 Å². The van der Waals surface area contributed by atoms with Crippen LogP contribution in [-0.2, 0) is 4.79 Å². The van der Waals surface area contributed by atoms with Crippen LogP contribution in [0, 0.1) is 0 Å². The van der Waals surface area contributed by atoms with Gasteiger partial charge in [-0.1, -0.05) is 30.3 Å². The van der Waals surface area contributed by atoms with Gasteiger partial charge >= 0.3 is 5.97 Å². The Morgan fingerprint density at radius 2 is 2.00 bits per heavy atom. The third-order valence-electron chi connectivity index (χ3n) is 1.64. The summed E-state index contributed by atoms with van der Waals surface area (Å²) in [5.74, 6) is -0.907. The lowest BCUT2D eigenvalue weighted by Gasteiger charge is -1.98. The first kappa shape index (κ1) is 9.45. The molecule has 1 aromatic rings. The molecule has 1 N–H and O–H groups in total. The molecule has 0 fully saturated rings. The van der Waals surface area contributed by atoms with Gasteiger partial charge in [0.2, 0.25) is 0 Å². The molecule has 0 saturated heterocycles. The summed E-state index contributed by atoms with van der Waals surface area (Å²) in [5.41, 5.74) is 1.71. The molecule has 1 rings (SSSR count). The molecule has 0 atom stereocenters. The van der Waals surface area contributed by atoms with E-state index in [0.717, 1.165) is 11.3 Å². The van der Waals surface area contributed by atoms with E-state index in [1.807, 2.05) is 30.3 Å². The van der Waals surface area contributed by atoms with Crippen LogP contribution in [0.15, 0.2) is 35.3 Å². The third kappa shape index (κ3) is 3.07. The van der Waals surface area contributed by atoms with Crippen molar-refractivity contribution in [2.24, 2.45) is 4.99 Å². The maximum atomic E-state index is 10.2. The van der Waals surface area contributed by atoms with E-state index in [1.165, 1.54) is 0 Å². The topological polar surface area (TPSA) is 49.7 Å². The van der Waals surface area contributed by atoms with E-state index in [1.54, 1.807) is 6.92 Å². The van der Waals surface area contributed by atoms with E-state index in [9.17, 15) is 4.79 Å². The number of hydrogen-bond acceptors (Lipinski definition) is 2. The van der Waals surface area contributed by atoms with Crippen molar-refractivity contribution in [3.05, 3.63) is 35.9 Å². The van der Waals surface area contributed by atoms with Gasteiger partial charge < -0.3 is 5.11 Å². The van der Waals surface area contributed by atoms with Gasteiger partial charge in [0.25, 0.3) is 0 Å². The fourth-order valence-electron chi connectivity index (χ4n) is 0.957. The molecule has 1 aromatic carbocycles. The Labute approximate surface area is 76.7 Å². The number of nitrogens with zero attached hydrogens (tertiary/aromatic N) is 1. The quantitative estimate of drug-likeness (QED) is 0.712. The van der Waals surface area contributed by atoms with Gasteiger partial charge in [-0.25, -0.2) is 0 Å². The predicted molar refractivity (Wildman–Crippen MR) is 51.2 cm³/mol. The second kappa shape index (κ2) is 4.40. The number of aliphatic carboxylic acids is 1. The fourth-order valence-corrected chi connectivity index (χ4v) is 0.957. The standard InChI is InChI=1S/C10H11NO2/c1-8(11-7-10(12)13)9-5-3-2-4-6-9/h2-6H,7H2,1H3,(H,12,13)/b11-8+. The number of carboxylic acids is 1. The minimum Gasteiger partial charge on any atom is -0.480 e. The van der Waals surface area contributed by atoms with E-state index in [0.29, 0.717) is 0 Å². The van der Waals surface area contributed by atoms with Gasteiger partial charge in [-0.3, -0.25) is 9.79 Å². The number of carbonyl (C=O) groups is 1. The molecule has 3 nitrogen and oxygen atoms in total. The van der Waals surface area contributed by atoms with Crippen LogP contribution in [0.5, 0.6) is 0 Å². The molecular weight excluding hydrogens is 166 g/mol. The van der Waals surface area contributed by atoms with Crippen LogP contribution in [-0.4, -0.2) is 23.3 Å². The van der Waals surface area contributed by atoms with Crippen LogP contribution in [0.3, 0.4) is 0 Å². The van der Waals surface area contributed by atoms with Gasteiger partial charge in [-0.2, -0.15) is 0 Å². The summed E-state index contributed by atoms with van der Waals surface area (Å²) in [5, 5.41) is 8.40. The zero-order chi connectivity index (χ0) is 9.68. The molecule has 0 saturated carbocycles. The highest BCUT2D eigenvalue weighted by molar-refractivity contribution is 5.99. The number of benzene rings is 1. The van der Waals surface area contributed by atoms with Crippen LogP contribution in [0.25, 0.3) is 0 Å². The molecule has 0 aliphatic rings. The summed E-state index contributed by atoms with van der Waals surface area (Å²) >= 11 is 0. The molecule has 0 aliphatic heterocycles. The van der Waals surface area contributed by atoms with E-state index in [2.05, 4.69) is 4.99 Å². The van der Waals surface area contributed by atoms with Crippen molar-refractivity contribution < 1.29 is 9.90 Å². The van der Waals surface area contributed by atoms with Crippen LogP contribution in [0.4, 0.5) is 0 Å². The van der Waals surface area contributed by atoms with Crippen molar-refractivity contribution in [2.45, 2.75) is 6.92 Å². The average Bonchev–Trinajstić information content (AvgIpc) is 2.15. The second-order valence-electron chi connectivity index (χ2n) is 2.66. The molecule has 0 radical (unpaired) electrons. The van der Waals surface area contributed by atoms with Crippen molar-refractivity contribution in [2.75, 3.05) is 6.54 Å². The van der Waals surface area contributed by atoms with Gasteiger partial charge in [0.15, 0.2) is 0 Å². The molecule has 68 valence electrons. The van der Waals surface area contributed by atoms with Gasteiger partial charge in [-0.15, -0.1) is 0 Å². The number of carboxylic acid groups (broad SMARTS) is 1. The van der Waals surface area contributed by atoms with Crippen LogP contribution < -0.4 is 0 Å².